The highest BCUT2D eigenvalue weighted by molar-refractivity contribution is 5.96. The highest BCUT2D eigenvalue weighted by atomic mass is 19.1. The zero-order valence-electron chi connectivity index (χ0n) is 26.3. The van der Waals surface area contributed by atoms with Gasteiger partial charge in [-0.3, -0.25) is 9.69 Å². The van der Waals surface area contributed by atoms with Crippen molar-refractivity contribution >= 4 is 34.3 Å². The van der Waals surface area contributed by atoms with Gasteiger partial charge in [0.15, 0.2) is 0 Å². The van der Waals surface area contributed by atoms with E-state index in [1.807, 2.05) is 63.1 Å². The van der Waals surface area contributed by atoms with Crippen molar-refractivity contribution < 1.29 is 28.6 Å². The summed E-state index contributed by atoms with van der Waals surface area (Å²) in [5.41, 5.74) is 2.14. The summed E-state index contributed by atoms with van der Waals surface area (Å²) in [6.07, 6.45) is -0.730. The number of fused-ring (bicyclic) bond motifs is 2. The Balaban J connectivity index is 1.32. The second-order valence-electron chi connectivity index (χ2n) is 13.2. The average Bonchev–Trinajstić information content (AvgIpc) is 3.34. The maximum absolute atomic E-state index is 14.0. The van der Waals surface area contributed by atoms with Crippen LogP contribution in [-0.4, -0.2) is 102 Å². The number of ether oxygens (including phenoxy) is 2. The summed E-state index contributed by atoms with van der Waals surface area (Å²) in [4.78, 5) is 41.7. The fourth-order valence-electron chi connectivity index (χ4n) is 6.25. The second-order valence-corrected chi connectivity index (χ2v) is 13.2. The second kappa shape index (κ2) is 12.3. The molecule has 0 radical (unpaired) electrons. The highest BCUT2D eigenvalue weighted by Crippen LogP contribution is 2.37. The molecule has 2 aromatic carbocycles. The molecule has 2 atom stereocenters. The molecular weight excluding hydrogens is 579 g/mol. The minimum atomic E-state index is -0.923. The summed E-state index contributed by atoms with van der Waals surface area (Å²) in [5.74, 6) is 0.951. The Hall–Kier alpha value is -4.19. The minimum Gasteiger partial charge on any atom is -0.465 e. The maximum Gasteiger partial charge on any atom is 0.407 e. The molecule has 0 aliphatic carbocycles. The normalized spacial score (nSPS) is 20.8. The summed E-state index contributed by atoms with van der Waals surface area (Å²) >= 11 is 0. The third-order valence-corrected chi connectivity index (χ3v) is 8.89. The molecular formula is C33H41FN6O5. The quantitative estimate of drug-likeness (QED) is 0.315. The first-order chi connectivity index (χ1) is 21.5. The smallest absolute Gasteiger partial charge is 0.407 e. The average molecular weight is 621 g/mol. The van der Waals surface area contributed by atoms with Crippen LogP contribution in [0, 0.1) is 5.41 Å². The molecule has 3 aromatic rings. The lowest BCUT2D eigenvalue weighted by atomic mass is 9.97. The molecule has 240 valence electrons. The Morgan fingerprint density at radius 1 is 1.04 bits per heavy atom. The molecule has 3 aliphatic rings. The number of anilines is 2. The van der Waals surface area contributed by atoms with E-state index in [0.29, 0.717) is 64.4 Å². The molecule has 2 saturated heterocycles. The molecule has 2 fully saturated rings. The third-order valence-electron chi connectivity index (χ3n) is 8.89. The number of amides is 1. The van der Waals surface area contributed by atoms with E-state index in [9.17, 15) is 19.1 Å². The largest absolute Gasteiger partial charge is 0.465 e. The van der Waals surface area contributed by atoms with Gasteiger partial charge in [0.1, 0.15) is 24.3 Å². The number of halogens is 1. The first kappa shape index (κ1) is 30.8. The topological polar surface area (TPSA) is 112 Å². The maximum atomic E-state index is 14.0. The first-order valence-corrected chi connectivity index (χ1v) is 15.6. The van der Waals surface area contributed by atoms with Crippen molar-refractivity contribution in [2.45, 2.75) is 52.4 Å². The van der Waals surface area contributed by atoms with Crippen molar-refractivity contribution in [3.05, 3.63) is 47.7 Å². The SMILES string of the molecule is CN1C[C@H](F)C[C@H]1COc1nc2c(c(N3CCN(C(=O)O)CC3)n1)CCN(c1cc(OC(=O)C(C)(C)C)cc3ccccc13)C2. The Morgan fingerprint density at radius 3 is 2.49 bits per heavy atom. The van der Waals surface area contributed by atoms with E-state index in [4.69, 9.17) is 19.4 Å². The van der Waals surface area contributed by atoms with Crippen LogP contribution in [0.5, 0.6) is 11.8 Å². The van der Waals surface area contributed by atoms with Crippen molar-refractivity contribution in [1.29, 1.82) is 0 Å². The zero-order chi connectivity index (χ0) is 31.9. The monoisotopic (exact) mass is 620 g/mol. The predicted molar refractivity (Wildman–Crippen MR) is 169 cm³/mol. The third kappa shape index (κ3) is 6.61. The number of esters is 1. The van der Waals surface area contributed by atoms with Crippen LogP contribution in [0.3, 0.4) is 0 Å². The van der Waals surface area contributed by atoms with Crippen LogP contribution < -0.4 is 19.3 Å². The molecule has 6 rings (SSSR count). The van der Waals surface area contributed by atoms with E-state index in [1.54, 1.807) is 0 Å². The van der Waals surface area contributed by atoms with Gasteiger partial charge in [-0.15, -0.1) is 0 Å². The number of likely N-dealkylation sites (tertiary alicyclic amines) is 1. The van der Waals surface area contributed by atoms with Crippen molar-refractivity contribution in [2.24, 2.45) is 5.41 Å². The summed E-state index contributed by atoms with van der Waals surface area (Å²) in [5, 5.41) is 11.5. The number of likely N-dealkylation sites (N-methyl/N-ethyl adjacent to an activating group) is 1. The van der Waals surface area contributed by atoms with E-state index in [1.165, 1.54) is 4.90 Å². The molecule has 0 saturated carbocycles. The number of rotatable bonds is 6. The van der Waals surface area contributed by atoms with Crippen molar-refractivity contribution in [3.8, 4) is 11.8 Å². The van der Waals surface area contributed by atoms with Crippen LogP contribution in [0.2, 0.25) is 0 Å². The van der Waals surface area contributed by atoms with Gasteiger partial charge in [0.05, 0.1) is 17.7 Å². The van der Waals surface area contributed by atoms with Gasteiger partial charge in [-0.2, -0.15) is 9.97 Å². The Morgan fingerprint density at radius 2 is 1.80 bits per heavy atom. The molecule has 3 aliphatic heterocycles. The van der Waals surface area contributed by atoms with Crippen molar-refractivity contribution in [3.63, 3.8) is 0 Å². The number of hydrogen-bond acceptors (Lipinski definition) is 9. The van der Waals surface area contributed by atoms with Crippen molar-refractivity contribution in [1.82, 2.24) is 19.8 Å². The van der Waals surface area contributed by atoms with E-state index in [0.717, 1.165) is 33.5 Å². The summed E-state index contributed by atoms with van der Waals surface area (Å²) in [6, 6.07) is 12.0. The summed E-state index contributed by atoms with van der Waals surface area (Å²) in [6.45, 7) is 9.10. The number of aromatic nitrogens is 2. The number of hydrogen-bond donors (Lipinski definition) is 1. The molecule has 1 amide bonds. The Kier molecular flexibility index (Phi) is 8.43. The number of piperazine rings is 1. The first-order valence-electron chi connectivity index (χ1n) is 15.6. The number of carbonyl (C=O) groups is 2. The van der Waals surface area contributed by atoms with E-state index < -0.39 is 17.7 Å². The van der Waals surface area contributed by atoms with Gasteiger partial charge < -0.3 is 29.3 Å². The number of nitrogens with zero attached hydrogens (tertiary/aromatic N) is 6. The van der Waals surface area contributed by atoms with Gasteiger partial charge in [0.2, 0.25) is 0 Å². The number of alkyl halides is 1. The Bertz CT molecular complexity index is 1590. The molecule has 1 N–H and O–H groups in total. The molecule has 11 nitrogen and oxygen atoms in total. The van der Waals surface area contributed by atoms with Gasteiger partial charge in [0.25, 0.3) is 0 Å². The lowest BCUT2D eigenvalue weighted by Crippen LogP contribution is -2.49. The molecule has 0 unspecified atom stereocenters. The number of carboxylic acid groups (broad SMARTS) is 1. The minimum absolute atomic E-state index is 0.0661. The van der Waals surface area contributed by atoms with Crippen LogP contribution in [0.1, 0.15) is 38.4 Å². The zero-order valence-corrected chi connectivity index (χ0v) is 26.3. The molecule has 45 heavy (non-hydrogen) atoms. The molecule has 12 heteroatoms. The van der Waals surface area contributed by atoms with Gasteiger partial charge in [-0.25, -0.2) is 9.18 Å². The molecule has 4 heterocycles. The van der Waals surface area contributed by atoms with E-state index in [2.05, 4.69) is 15.9 Å². The standard InChI is InChI=1S/C33H41FN6O5/c1-33(2,3)30(41)45-24-15-21-7-5-6-8-25(21)28(17-24)40-10-9-26-27(19-40)35-31(44-20-23-16-22(34)18-37(23)4)36-29(26)38-11-13-39(14-12-38)32(42)43/h5-8,15,17,22-23H,9-14,16,18-20H2,1-4H3,(H,42,43)/t22-,23+/m1/s1. The summed E-state index contributed by atoms with van der Waals surface area (Å²) in [7, 11) is 1.89. The van der Waals surface area contributed by atoms with Crippen LogP contribution in [-0.2, 0) is 17.8 Å². The van der Waals surface area contributed by atoms with Crippen LogP contribution >= 0.6 is 0 Å². The fraction of sp³-hybridized carbons (Fsp3) is 0.515. The molecule has 0 bridgehead atoms. The van der Waals surface area contributed by atoms with Crippen LogP contribution in [0.15, 0.2) is 36.4 Å². The highest BCUT2D eigenvalue weighted by Gasteiger charge is 2.32. The lowest BCUT2D eigenvalue weighted by Gasteiger charge is -2.37. The lowest BCUT2D eigenvalue weighted by molar-refractivity contribution is -0.142. The van der Waals surface area contributed by atoms with Gasteiger partial charge in [-0.1, -0.05) is 24.3 Å². The van der Waals surface area contributed by atoms with Gasteiger partial charge >= 0.3 is 18.1 Å². The van der Waals surface area contributed by atoms with Gasteiger partial charge in [-0.05, 0) is 52.1 Å². The van der Waals surface area contributed by atoms with E-state index >= 15 is 0 Å². The van der Waals surface area contributed by atoms with Crippen LogP contribution in [0.4, 0.5) is 20.7 Å². The summed E-state index contributed by atoms with van der Waals surface area (Å²) < 4.78 is 26.0. The molecule has 0 spiro atoms. The van der Waals surface area contributed by atoms with Crippen LogP contribution in [0.25, 0.3) is 10.8 Å². The van der Waals surface area contributed by atoms with Crippen molar-refractivity contribution in [2.75, 3.05) is 62.7 Å². The predicted octanol–water partition coefficient (Wildman–Crippen LogP) is 4.37. The van der Waals surface area contributed by atoms with E-state index in [-0.39, 0.29) is 24.6 Å². The fourth-order valence-corrected chi connectivity index (χ4v) is 6.25. The molecule has 1 aromatic heterocycles. The van der Waals surface area contributed by atoms with Gasteiger partial charge in [0, 0.05) is 68.0 Å². The Labute approximate surface area is 262 Å². The number of carbonyl (C=O) groups excluding carboxylic acids is 1. The number of benzene rings is 2.